The number of anilines is 1. The summed E-state index contributed by atoms with van der Waals surface area (Å²) in [6, 6.07) is 6.86. The Balaban J connectivity index is 2.46. The number of benzene rings is 1. The van der Waals surface area contributed by atoms with Crippen molar-refractivity contribution in [3.05, 3.63) is 29.3 Å². The van der Waals surface area contributed by atoms with E-state index in [1.807, 2.05) is 0 Å². The number of likely N-dealkylation sites (N-methyl/N-ethyl adjacent to an activating group) is 3. The van der Waals surface area contributed by atoms with Crippen LogP contribution in [0.25, 0.3) is 0 Å². The lowest BCUT2D eigenvalue weighted by molar-refractivity contribution is -0.134. The molecule has 126 valence electrons. The van der Waals surface area contributed by atoms with Crippen LogP contribution in [0.2, 0.25) is 5.02 Å². The molecule has 0 radical (unpaired) electrons. The lowest BCUT2D eigenvalue weighted by atomic mass is 10.3. The molecule has 0 saturated carbocycles. The quantitative estimate of drug-likeness (QED) is 0.753. The van der Waals surface area contributed by atoms with Gasteiger partial charge < -0.3 is 15.5 Å². The Morgan fingerprint density at radius 1 is 1.04 bits per heavy atom. The van der Waals surface area contributed by atoms with Crippen molar-refractivity contribution < 1.29 is 14.4 Å². The molecule has 0 spiro atoms. The van der Waals surface area contributed by atoms with Gasteiger partial charge in [0.1, 0.15) is 0 Å². The van der Waals surface area contributed by atoms with Crippen LogP contribution in [0.1, 0.15) is 0 Å². The van der Waals surface area contributed by atoms with Crippen LogP contribution in [0.4, 0.5) is 5.69 Å². The van der Waals surface area contributed by atoms with E-state index >= 15 is 0 Å². The molecule has 0 saturated heterocycles. The third kappa shape index (κ3) is 6.66. The van der Waals surface area contributed by atoms with Gasteiger partial charge in [-0.15, -0.1) is 0 Å². The zero-order valence-corrected chi connectivity index (χ0v) is 14.2. The minimum Gasteiger partial charge on any atom is -0.358 e. The van der Waals surface area contributed by atoms with E-state index in [1.54, 1.807) is 36.2 Å². The van der Waals surface area contributed by atoms with E-state index in [4.69, 9.17) is 11.6 Å². The molecule has 1 aromatic rings. The monoisotopic (exact) mass is 340 g/mol. The molecule has 0 aliphatic heterocycles. The summed E-state index contributed by atoms with van der Waals surface area (Å²) in [5.74, 6) is -0.784. The zero-order chi connectivity index (χ0) is 17.4. The fraction of sp³-hybridized carbons (Fsp3) is 0.400. The Kier molecular flexibility index (Phi) is 7.50. The van der Waals surface area contributed by atoms with Crippen molar-refractivity contribution in [3.8, 4) is 0 Å². The fourth-order valence-electron chi connectivity index (χ4n) is 1.79. The van der Waals surface area contributed by atoms with Crippen LogP contribution >= 0.6 is 11.6 Å². The Hall–Kier alpha value is -2.12. The van der Waals surface area contributed by atoms with Gasteiger partial charge in [-0.2, -0.15) is 0 Å². The normalized spacial score (nSPS) is 10.3. The number of hydrogen-bond donors (Lipinski definition) is 2. The largest absolute Gasteiger partial charge is 0.358 e. The predicted octanol–water partition coefficient (Wildman–Crippen LogP) is 0.415. The molecule has 0 fully saturated rings. The number of nitrogens with zero attached hydrogens (tertiary/aromatic N) is 2. The second kappa shape index (κ2) is 9.12. The maximum atomic E-state index is 12.0. The van der Waals surface area contributed by atoms with Gasteiger partial charge in [-0.1, -0.05) is 23.7 Å². The van der Waals surface area contributed by atoms with Crippen LogP contribution < -0.4 is 10.6 Å². The van der Waals surface area contributed by atoms with Crippen LogP contribution in [0.3, 0.4) is 0 Å². The molecule has 3 amide bonds. The first kappa shape index (κ1) is 18.9. The summed E-state index contributed by atoms with van der Waals surface area (Å²) in [5, 5.41) is 5.56. The Morgan fingerprint density at radius 2 is 1.70 bits per heavy atom. The molecule has 0 aliphatic carbocycles. The van der Waals surface area contributed by atoms with Crippen molar-refractivity contribution in [3.63, 3.8) is 0 Å². The van der Waals surface area contributed by atoms with Crippen molar-refractivity contribution >= 4 is 35.0 Å². The molecular weight excluding hydrogens is 320 g/mol. The SMILES string of the molecule is CNC(=O)CN(C)CC(=O)N(C)CC(=O)Nc1ccccc1Cl. The third-order valence-corrected chi connectivity index (χ3v) is 3.38. The van der Waals surface area contributed by atoms with Gasteiger partial charge in [0.25, 0.3) is 0 Å². The predicted molar refractivity (Wildman–Crippen MR) is 89.3 cm³/mol. The zero-order valence-electron chi connectivity index (χ0n) is 13.4. The smallest absolute Gasteiger partial charge is 0.244 e. The van der Waals surface area contributed by atoms with Gasteiger partial charge in [0.05, 0.1) is 30.3 Å². The van der Waals surface area contributed by atoms with Crippen LogP contribution in [0.15, 0.2) is 24.3 Å². The summed E-state index contributed by atoms with van der Waals surface area (Å²) >= 11 is 5.96. The molecule has 1 aromatic carbocycles. The van der Waals surface area contributed by atoms with Gasteiger partial charge in [0.15, 0.2) is 0 Å². The minimum absolute atomic E-state index is 0.0449. The molecule has 2 N–H and O–H groups in total. The number of halogens is 1. The highest BCUT2D eigenvalue weighted by Crippen LogP contribution is 2.20. The van der Waals surface area contributed by atoms with E-state index in [2.05, 4.69) is 10.6 Å². The molecule has 0 atom stereocenters. The lowest BCUT2D eigenvalue weighted by Gasteiger charge is -2.21. The maximum Gasteiger partial charge on any atom is 0.244 e. The molecule has 0 bridgehead atoms. The molecule has 0 aromatic heterocycles. The van der Waals surface area contributed by atoms with Crippen LogP contribution in [-0.4, -0.2) is 68.3 Å². The van der Waals surface area contributed by atoms with Crippen LogP contribution in [0, 0.1) is 0 Å². The Morgan fingerprint density at radius 3 is 2.30 bits per heavy atom. The number of hydrogen-bond acceptors (Lipinski definition) is 4. The number of nitrogens with one attached hydrogen (secondary N) is 2. The summed E-state index contributed by atoms with van der Waals surface area (Å²) in [6.07, 6.45) is 0. The topological polar surface area (TPSA) is 81.8 Å². The molecule has 0 heterocycles. The standard InChI is InChI=1S/C15H21ClN4O3/c1-17-13(21)8-19(2)10-15(23)20(3)9-14(22)18-12-7-5-4-6-11(12)16/h4-7H,8-10H2,1-3H3,(H,17,21)(H,18,22). The van der Waals surface area contributed by atoms with Crippen LogP contribution in [-0.2, 0) is 14.4 Å². The summed E-state index contributed by atoms with van der Waals surface area (Å²) in [4.78, 5) is 38.1. The van der Waals surface area contributed by atoms with E-state index in [1.165, 1.54) is 19.0 Å². The van der Waals surface area contributed by atoms with Gasteiger partial charge in [-0.3, -0.25) is 19.3 Å². The Labute approximate surface area is 140 Å². The highest BCUT2D eigenvalue weighted by atomic mass is 35.5. The minimum atomic E-state index is -0.345. The van der Waals surface area contributed by atoms with E-state index < -0.39 is 0 Å². The number of carbonyl (C=O) groups excluding carboxylic acids is 3. The van der Waals surface area contributed by atoms with Crippen LogP contribution in [0.5, 0.6) is 0 Å². The third-order valence-electron chi connectivity index (χ3n) is 3.05. The van der Waals surface area contributed by atoms with Gasteiger partial charge >= 0.3 is 0 Å². The highest BCUT2D eigenvalue weighted by molar-refractivity contribution is 6.33. The first-order valence-electron chi connectivity index (χ1n) is 7.01. The van der Waals surface area contributed by atoms with Crippen molar-refractivity contribution in [2.75, 3.05) is 46.1 Å². The molecule has 7 nitrogen and oxygen atoms in total. The van der Waals surface area contributed by atoms with Gasteiger partial charge in [0.2, 0.25) is 17.7 Å². The molecular formula is C15H21ClN4O3. The van der Waals surface area contributed by atoms with Crippen molar-refractivity contribution in [2.24, 2.45) is 0 Å². The summed E-state index contributed by atoms with van der Waals surface area (Å²) in [6.45, 7) is 0.0586. The van der Waals surface area contributed by atoms with E-state index in [9.17, 15) is 14.4 Å². The van der Waals surface area contributed by atoms with Crippen molar-refractivity contribution in [1.82, 2.24) is 15.1 Å². The number of para-hydroxylation sites is 1. The summed E-state index contributed by atoms with van der Waals surface area (Å²) in [7, 11) is 4.72. The first-order chi connectivity index (χ1) is 10.8. The second-order valence-electron chi connectivity index (χ2n) is 5.12. The van der Waals surface area contributed by atoms with Crippen molar-refractivity contribution in [1.29, 1.82) is 0 Å². The average Bonchev–Trinajstić information content (AvgIpc) is 2.49. The first-order valence-corrected chi connectivity index (χ1v) is 7.38. The maximum absolute atomic E-state index is 12.0. The van der Waals surface area contributed by atoms with E-state index in [0.29, 0.717) is 10.7 Å². The lowest BCUT2D eigenvalue weighted by Crippen LogP contribution is -2.43. The number of amides is 3. The van der Waals surface area contributed by atoms with Gasteiger partial charge in [0, 0.05) is 14.1 Å². The average molecular weight is 341 g/mol. The molecule has 0 aliphatic rings. The number of rotatable bonds is 7. The molecule has 8 heteroatoms. The second-order valence-corrected chi connectivity index (χ2v) is 5.53. The number of carbonyl (C=O) groups is 3. The summed E-state index contributed by atoms with van der Waals surface area (Å²) < 4.78 is 0. The molecule has 23 heavy (non-hydrogen) atoms. The van der Waals surface area contributed by atoms with E-state index in [0.717, 1.165) is 0 Å². The highest BCUT2D eigenvalue weighted by Gasteiger charge is 2.16. The van der Waals surface area contributed by atoms with Crippen molar-refractivity contribution in [2.45, 2.75) is 0 Å². The van der Waals surface area contributed by atoms with E-state index in [-0.39, 0.29) is 37.4 Å². The van der Waals surface area contributed by atoms with Gasteiger partial charge in [-0.05, 0) is 19.2 Å². The Bertz CT molecular complexity index is 580. The fourth-order valence-corrected chi connectivity index (χ4v) is 1.97. The van der Waals surface area contributed by atoms with Gasteiger partial charge in [-0.25, -0.2) is 0 Å². The molecule has 1 rings (SSSR count). The summed E-state index contributed by atoms with van der Waals surface area (Å²) in [5.41, 5.74) is 0.497. The molecule has 0 unspecified atom stereocenters.